The Kier molecular flexibility index (Phi) is 5.84. The van der Waals surface area contributed by atoms with Gasteiger partial charge in [0.25, 0.3) is 0 Å². The molecule has 0 rings (SSSR count). The van der Waals surface area contributed by atoms with Crippen molar-refractivity contribution >= 4 is 29.2 Å². The third-order valence-electron chi connectivity index (χ3n) is 1.06. The summed E-state index contributed by atoms with van der Waals surface area (Å²) in [5.41, 5.74) is 0. The number of halogens is 2. The van der Waals surface area contributed by atoms with Gasteiger partial charge in [-0.15, -0.1) is 23.2 Å². The number of rotatable bonds is 5. The van der Waals surface area contributed by atoms with E-state index in [1.807, 2.05) is 0 Å². The van der Waals surface area contributed by atoms with Crippen molar-refractivity contribution in [2.45, 2.75) is 30.5 Å². The number of alkyl halides is 2. The molecule has 2 nitrogen and oxygen atoms in total. The normalized spacial score (nSPS) is 10.3. The fourth-order valence-electron chi connectivity index (χ4n) is 0.575. The zero-order valence-electron chi connectivity index (χ0n) is 5.52. The third-order valence-corrected chi connectivity index (χ3v) is 1.50. The minimum atomic E-state index is -0.763. The fraction of sp³-hybridized carbons (Fsp3) is 0.833. The summed E-state index contributed by atoms with van der Waals surface area (Å²) in [6.07, 6.45) is 2.33. The first-order valence-electron chi connectivity index (χ1n) is 3.13. The quantitative estimate of drug-likeness (QED) is 0.527. The Labute approximate surface area is 70.1 Å². The molecule has 0 saturated carbocycles. The van der Waals surface area contributed by atoms with E-state index < -0.39 is 5.97 Å². The van der Waals surface area contributed by atoms with E-state index in [-0.39, 0.29) is 11.3 Å². The van der Waals surface area contributed by atoms with E-state index in [0.29, 0.717) is 12.8 Å². The molecule has 0 atom stereocenters. The summed E-state index contributed by atoms with van der Waals surface area (Å²) >= 11 is 10.8. The second-order valence-corrected chi connectivity index (χ2v) is 3.31. The maximum Gasteiger partial charge on any atom is 0.303 e. The molecule has 0 aliphatic carbocycles. The van der Waals surface area contributed by atoms with E-state index in [4.69, 9.17) is 28.3 Å². The molecule has 0 aromatic rings. The van der Waals surface area contributed by atoms with Crippen molar-refractivity contribution in [1.82, 2.24) is 0 Å². The standard InChI is InChI=1S/C6H10Cl2O2/c7-5(8)3-1-2-4-6(9)10/h5H,1-4H2,(H,9,10). The molecule has 0 radical (unpaired) electrons. The molecule has 1 N–H and O–H groups in total. The third kappa shape index (κ3) is 8.05. The molecule has 0 unspecified atom stereocenters. The predicted molar refractivity (Wildman–Crippen MR) is 41.6 cm³/mol. The fourth-order valence-corrected chi connectivity index (χ4v) is 0.883. The first kappa shape index (κ1) is 10.0. The van der Waals surface area contributed by atoms with Crippen LogP contribution in [0.25, 0.3) is 0 Å². The highest BCUT2D eigenvalue weighted by Gasteiger charge is 2.00. The Balaban J connectivity index is 2.98. The van der Waals surface area contributed by atoms with Crippen LogP contribution in [0.1, 0.15) is 25.7 Å². The summed E-state index contributed by atoms with van der Waals surface area (Å²) in [4.78, 5) is 9.63. The summed E-state index contributed by atoms with van der Waals surface area (Å²) in [5.74, 6) is -0.763. The lowest BCUT2D eigenvalue weighted by molar-refractivity contribution is -0.137. The van der Waals surface area contributed by atoms with Crippen molar-refractivity contribution in [2.75, 3.05) is 0 Å². The maximum atomic E-state index is 9.98. The van der Waals surface area contributed by atoms with Crippen molar-refractivity contribution in [2.24, 2.45) is 0 Å². The average molecular weight is 185 g/mol. The first-order valence-corrected chi connectivity index (χ1v) is 4.00. The molecule has 10 heavy (non-hydrogen) atoms. The number of hydrogen-bond acceptors (Lipinski definition) is 1. The van der Waals surface area contributed by atoms with E-state index in [1.165, 1.54) is 0 Å². The van der Waals surface area contributed by atoms with Gasteiger partial charge >= 0.3 is 5.97 Å². The number of aliphatic carboxylic acids is 1. The van der Waals surface area contributed by atoms with Crippen LogP contribution in [0.15, 0.2) is 0 Å². The number of unbranched alkanes of at least 4 members (excludes halogenated alkanes) is 1. The zero-order chi connectivity index (χ0) is 7.98. The Bertz CT molecular complexity index is 104. The van der Waals surface area contributed by atoms with Crippen molar-refractivity contribution in [1.29, 1.82) is 0 Å². The van der Waals surface area contributed by atoms with Gasteiger partial charge in [-0.05, 0) is 12.8 Å². The number of hydrogen-bond donors (Lipinski definition) is 1. The van der Waals surface area contributed by atoms with E-state index in [0.717, 1.165) is 6.42 Å². The molecule has 0 aromatic heterocycles. The Hall–Kier alpha value is 0.0500. The molecule has 0 amide bonds. The molecule has 4 heteroatoms. The highest BCUT2D eigenvalue weighted by molar-refractivity contribution is 6.44. The van der Waals surface area contributed by atoms with Gasteiger partial charge in [0.2, 0.25) is 0 Å². The van der Waals surface area contributed by atoms with Crippen LogP contribution in [0.3, 0.4) is 0 Å². The summed E-state index contributed by atoms with van der Waals surface area (Å²) in [7, 11) is 0. The van der Waals surface area contributed by atoms with Gasteiger partial charge in [-0.3, -0.25) is 4.79 Å². The highest BCUT2D eigenvalue weighted by atomic mass is 35.5. The number of carboxylic acid groups (broad SMARTS) is 1. The van der Waals surface area contributed by atoms with Crippen LogP contribution >= 0.6 is 23.2 Å². The van der Waals surface area contributed by atoms with E-state index in [9.17, 15) is 4.79 Å². The summed E-state index contributed by atoms with van der Waals surface area (Å²) in [6.45, 7) is 0. The molecule has 0 aliphatic rings. The molecule has 0 fully saturated rings. The SMILES string of the molecule is O=C(O)CCCCC(Cl)Cl. The molecular weight excluding hydrogens is 175 g/mol. The lowest BCUT2D eigenvalue weighted by Gasteiger charge is -1.97. The monoisotopic (exact) mass is 184 g/mol. The van der Waals surface area contributed by atoms with Crippen LogP contribution in [0.5, 0.6) is 0 Å². The topological polar surface area (TPSA) is 37.3 Å². The molecule has 0 saturated heterocycles. The minimum Gasteiger partial charge on any atom is -0.481 e. The molecule has 0 spiro atoms. The van der Waals surface area contributed by atoms with Crippen LogP contribution in [-0.2, 0) is 4.79 Å². The van der Waals surface area contributed by atoms with Crippen molar-refractivity contribution < 1.29 is 9.90 Å². The maximum absolute atomic E-state index is 9.98. The van der Waals surface area contributed by atoms with E-state index >= 15 is 0 Å². The number of carboxylic acids is 1. The van der Waals surface area contributed by atoms with Gasteiger partial charge in [-0.2, -0.15) is 0 Å². The Morgan fingerprint density at radius 1 is 1.40 bits per heavy atom. The lowest BCUT2D eigenvalue weighted by Crippen LogP contribution is -1.94. The largest absolute Gasteiger partial charge is 0.481 e. The van der Waals surface area contributed by atoms with Gasteiger partial charge in [0.1, 0.15) is 4.84 Å². The van der Waals surface area contributed by atoms with Crippen molar-refractivity contribution in [3.63, 3.8) is 0 Å². The average Bonchev–Trinajstić information content (AvgIpc) is 1.79. The summed E-state index contributed by atoms with van der Waals surface area (Å²) in [5, 5.41) is 8.21. The minimum absolute atomic E-state index is 0.209. The molecule has 60 valence electrons. The van der Waals surface area contributed by atoms with Crippen molar-refractivity contribution in [3.8, 4) is 0 Å². The molecule has 0 aromatic carbocycles. The van der Waals surface area contributed by atoms with Crippen molar-refractivity contribution in [3.05, 3.63) is 0 Å². The second kappa shape index (κ2) is 5.81. The lowest BCUT2D eigenvalue weighted by atomic mass is 10.2. The van der Waals surface area contributed by atoms with Crippen LogP contribution in [0.2, 0.25) is 0 Å². The Morgan fingerprint density at radius 2 is 2.00 bits per heavy atom. The molecular formula is C6H10Cl2O2. The Morgan fingerprint density at radius 3 is 2.40 bits per heavy atom. The van der Waals surface area contributed by atoms with Gasteiger partial charge in [-0.1, -0.05) is 6.42 Å². The van der Waals surface area contributed by atoms with Gasteiger partial charge in [-0.25, -0.2) is 0 Å². The predicted octanol–water partition coefficient (Wildman–Crippen LogP) is 2.44. The van der Waals surface area contributed by atoms with E-state index in [2.05, 4.69) is 0 Å². The second-order valence-electron chi connectivity index (χ2n) is 2.03. The van der Waals surface area contributed by atoms with Crippen LogP contribution < -0.4 is 0 Å². The van der Waals surface area contributed by atoms with Gasteiger partial charge in [0.05, 0.1) is 0 Å². The van der Waals surface area contributed by atoms with Crippen LogP contribution in [0.4, 0.5) is 0 Å². The molecule has 0 aliphatic heterocycles. The molecule has 0 heterocycles. The van der Waals surface area contributed by atoms with E-state index in [1.54, 1.807) is 0 Å². The summed E-state index contributed by atoms with van der Waals surface area (Å²) < 4.78 is 0. The van der Waals surface area contributed by atoms with Crippen LogP contribution in [-0.4, -0.2) is 15.9 Å². The number of carbonyl (C=O) groups is 1. The van der Waals surface area contributed by atoms with Crippen LogP contribution in [0, 0.1) is 0 Å². The van der Waals surface area contributed by atoms with Gasteiger partial charge < -0.3 is 5.11 Å². The summed E-state index contributed by atoms with van der Waals surface area (Å²) in [6, 6.07) is 0. The van der Waals surface area contributed by atoms with Gasteiger partial charge in [0, 0.05) is 6.42 Å². The zero-order valence-corrected chi connectivity index (χ0v) is 7.03. The van der Waals surface area contributed by atoms with Gasteiger partial charge in [0.15, 0.2) is 0 Å². The highest BCUT2D eigenvalue weighted by Crippen LogP contribution is 2.11. The first-order chi connectivity index (χ1) is 4.63. The molecule has 0 bridgehead atoms. The smallest absolute Gasteiger partial charge is 0.303 e.